The molecule has 1 aromatic heterocycles. The van der Waals surface area contributed by atoms with Gasteiger partial charge in [-0.15, -0.1) is 0 Å². The second-order valence-electron chi connectivity index (χ2n) is 11.6. The van der Waals surface area contributed by atoms with E-state index >= 15 is 0 Å². The Kier molecular flexibility index (Phi) is 6.50. The van der Waals surface area contributed by atoms with Gasteiger partial charge in [-0.05, 0) is 48.4 Å². The Morgan fingerprint density at radius 2 is 1.68 bits per heavy atom. The van der Waals surface area contributed by atoms with Gasteiger partial charge in [0.25, 0.3) is 5.91 Å². The number of carbonyl (C=O) groups is 2. The maximum atomic E-state index is 14.0. The molecular weight excluding hydrogens is 502 g/mol. The molecule has 8 nitrogen and oxygen atoms in total. The van der Waals surface area contributed by atoms with E-state index in [1.54, 1.807) is 0 Å². The zero-order chi connectivity index (χ0) is 27.1. The van der Waals surface area contributed by atoms with Gasteiger partial charge in [0.2, 0.25) is 0 Å². The van der Waals surface area contributed by atoms with Crippen LogP contribution in [-0.4, -0.2) is 88.9 Å². The number of likely N-dealkylation sites (tertiary alicyclic amines) is 2. The average Bonchev–Trinajstić information content (AvgIpc) is 3.76. The van der Waals surface area contributed by atoms with Crippen LogP contribution in [0, 0.1) is 5.92 Å². The lowest BCUT2D eigenvalue weighted by Crippen LogP contribution is -2.47. The van der Waals surface area contributed by atoms with E-state index in [2.05, 4.69) is 53.5 Å². The van der Waals surface area contributed by atoms with Crippen molar-refractivity contribution in [3.63, 3.8) is 0 Å². The van der Waals surface area contributed by atoms with Crippen molar-refractivity contribution >= 4 is 28.7 Å². The van der Waals surface area contributed by atoms with Crippen LogP contribution in [0.5, 0.6) is 0 Å². The Bertz CT molecular complexity index is 1460. The van der Waals surface area contributed by atoms with Crippen LogP contribution in [0.15, 0.2) is 65.8 Å². The molecule has 0 radical (unpaired) electrons. The largest absolute Gasteiger partial charge is 0.381 e. The van der Waals surface area contributed by atoms with E-state index in [-0.39, 0.29) is 17.9 Å². The van der Waals surface area contributed by atoms with Crippen molar-refractivity contribution in [3.05, 3.63) is 66.4 Å². The Hall–Kier alpha value is -3.78. The first-order chi connectivity index (χ1) is 19.6. The number of aromatic nitrogens is 1. The minimum absolute atomic E-state index is 0.0831. The van der Waals surface area contributed by atoms with Crippen LogP contribution >= 0.6 is 0 Å². The molecule has 0 unspecified atom stereocenters. The molecule has 0 aliphatic carbocycles. The predicted molar refractivity (Wildman–Crippen MR) is 154 cm³/mol. The van der Waals surface area contributed by atoms with Gasteiger partial charge < -0.3 is 14.5 Å². The lowest BCUT2D eigenvalue weighted by atomic mass is 9.90. The summed E-state index contributed by atoms with van der Waals surface area (Å²) in [5, 5.41) is 1.12. The third kappa shape index (κ3) is 4.54. The number of amides is 3. The Balaban J connectivity index is 1.13. The number of urea groups is 1. The van der Waals surface area contributed by atoms with Gasteiger partial charge >= 0.3 is 6.03 Å². The van der Waals surface area contributed by atoms with E-state index in [4.69, 9.17) is 9.73 Å². The van der Waals surface area contributed by atoms with E-state index in [0.717, 1.165) is 72.3 Å². The highest BCUT2D eigenvalue weighted by Gasteiger charge is 2.50. The summed E-state index contributed by atoms with van der Waals surface area (Å²) >= 11 is 0. The number of hydrogen-bond donors (Lipinski definition) is 0. The molecule has 4 aliphatic rings. The van der Waals surface area contributed by atoms with Crippen molar-refractivity contribution < 1.29 is 14.3 Å². The topological polar surface area (TPSA) is 78.3 Å². The molecule has 206 valence electrons. The lowest BCUT2D eigenvalue weighted by molar-refractivity contribution is -0.134. The number of fused-ring (bicyclic) bond motifs is 1. The van der Waals surface area contributed by atoms with Crippen molar-refractivity contribution in [3.8, 4) is 11.1 Å². The first-order valence-corrected chi connectivity index (χ1v) is 14.6. The highest BCUT2D eigenvalue weighted by molar-refractivity contribution is 6.15. The van der Waals surface area contributed by atoms with Crippen molar-refractivity contribution in [2.75, 3.05) is 45.9 Å². The second-order valence-corrected chi connectivity index (χ2v) is 11.6. The molecule has 0 saturated carbocycles. The van der Waals surface area contributed by atoms with Crippen LogP contribution in [0.25, 0.3) is 22.0 Å². The van der Waals surface area contributed by atoms with Gasteiger partial charge in [-0.1, -0.05) is 42.5 Å². The smallest absolute Gasteiger partial charge is 0.320 e. The number of pyridine rings is 1. The minimum Gasteiger partial charge on any atom is -0.381 e. The van der Waals surface area contributed by atoms with Crippen molar-refractivity contribution in [2.45, 2.75) is 37.6 Å². The number of carbonyl (C=O) groups excluding carboxylic acids is 2. The fraction of sp³-hybridized carbons (Fsp3) is 0.438. The van der Waals surface area contributed by atoms with Crippen LogP contribution in [0.2, 0.25) is 0 Å². The highest BCUT2D eigenvalue weighted by Crippen LogP contribution is 2.36. The summed E-state index contributed by atoms with van der Waals surface area (Å²) < 4.78 is 5.60. The first-order valence-electron chi connectivity index (χ1n) is 14.6. The van der Waals surface area contributed by atoms with Crippen LogP contribution in [0.1, 0.15) is 37.7 Å². The van der Waals surface area contributed by atoms with Gasteiger partial charge in [0.05, 0.1) is 5.52 Å². The van der Waals surface area contributed by atoms with E-state index in [0.29, 0.717) is 39.1 Å². The number of rotatable bonds is 4. The maximum absolute atomic E-state index is 14.0. The molecule has 3 fully saturated rings. The Labute approximate surface area is 234 Å². The molecule has 40 heavy (non-hydrogen) atoms. The number of aliphatic imine (C=N–C) groups is 1. The van der Waals surface area contributed by atoms with Gasteiger partial charge in [-0.3, -0.25) is 19.7 Å². The number of benzene rings is 2. The molecule has 2 aromatic carbocycles. The van der Waals surface area contributed by atoms with Gasteiger partial charge in [0, 0.05) is 75.9 Å². The number of hydrogen-bond acceptors (Lipinski definition) is 5. The second kappa shape index (κ2) is 10.3. The molecule has 4 aliphatic heterocycles. The van der Waals surface area contributed by atoms with E-state index in [1.807, 2.05) is 27.0 Å². The third-order valence-electron chi connectivity index (χ3n) is 8.99. The molecular formula is C32H35N5O3. The highest BCUT2D eigenvalue weighted by atomic mass is 16.5. The quantitative estimate of drug-likeness (QED) is 0.488. The Morgan fingerprint density at radius 3 is 2.48 bits per heavy atom. The van der Waals surface area contributed by atoms with Crippen molar-refractivity contribution in [1.82, 2.24) is 19.7 Å². The molecule has 1 spiro atoms. The summed E-state index contributed by atoms with van der Waals surface area (Å²) in [6.07, 6.45) is 6.12. The zero-order valence-corrected chi connectivity index (χ0v) is 22.8. The van der Waals surface area contributed by atoms with E-state index in [1.165, 1.54) is 0 Å². The standard InChI is InChI=1S/C32H35N5O3/c38-30-32(12-18-40-19-13-32)34-29(37(30)22-23-11-17-36(21-23)31(39)35-15-1-2-16-35)26-8-5-24(6-9-26)27-10-7-25-4-3-14-33-28(25)20-27/h3-10,14,20,23H,1-2,11-13,15-19,21-22H2/t23-/m1/s1. The monoisotopic (exact) mass is 537 g/mol. The lowest BCUT2D eigenvalue weighted by Gasteiger charge is -2.30. The van der Waals surface area contributed by atoms with Crippen LogP contribution in [0.3, 0.4) is 0 Å². The van der Waals surface area contributed by atoms with Gasteiger partial charge in [0.15, 0.2) is 0 Å². The molecule has 5 heterocycles. The maximum Gasteiger partial charge on any atom is 0.320 e. The fourth-order valence-corrected chi connectivity index (χ4v) is 6.66. The summed E-state index contributed by atoms with van der Waals surface area (Å²) in [5.41, 5.74) is 3.38. The van der Waals surface area contributed by atoms with Crippen molar-refractivity contribution in [1.29, 1.82) is 0 Å². The zero-order valence-electron chi connectivity index (χ0n) is 22.8. The third-order valence-corrected chi connectivity index (χ3v) is 8.99. The summed E-state index contributed by atoms with van der Waals surface area (Å²) in [4.78, 5) is 42.4. The van der Waals surface area contributed by atoms with Gasteiger partial charge in [-0.25, -0.2) is 4.79 Å². The van der Waals surface area contributed by atoms with Crippen LogP contribution in [0.4, 0.5) is 4.79 Å². The summed E-state index contributed by atoms with van der Waals surface area (Å²) in [6, 6.07) is 18.9. The number of ether oxygens (including phenoxy) is 1. The molecule has 0 bridgehead atoms. The van der Waals surface area contributed by atoms with E-state index in [9.17, 15) is 9.59 Å². The SMILES string of the molecule is O=C(N1CCCC1)N1CC[C@@H](CN2C(=O)C3(CCOCC3)N=C2c2ccc(-c3ccc4cccnc4c3)cc2)C1. The first kappa shape index (κ1) is 25.2. The molecule has 0 N–H and O–H groups in total. The summed E-state index contributed by atoms with van der Waals surface area (Å²) in [7, 11) is 0. The Morgan fingerprint density at radius 1 is 0.925 bits per heavy atom. The number of amidine groups is 1. The molecule has 8 heteroatoms. The predicted octanol–water partition coefficient (Wildman–Crippen LogP) is 4.58. The average molecular weight is 538 g/mol. The van der Waals surface area contributed by atoms with Gasteiger partial charge in [0.1, 0.15) is 11.4 Å². The number of nitrogens with zero attached hydrogens (tertiary/aromatic N) is 5. The fourth-order valence-electron chi connectivity index (χ4n) is 6.66. The van der Waals surface area contributed by atoms with Crippen LogP contribution < -0.4 is 0 Å². The molecule has 3 amide bonds. The normalized spacial score (nSPS) is 22.5. The summed E-state index contributed by atoms with van der Waals surface area (Å²) in [5.74, 6) is 1.07. The van der Waals surface area contributed by atoms with E-state index < -0.39 is 5.54 Å². The van der Waals surface area contributed by atoms with Crippen molar-refractivity contribution in [2.24, 2.45) is 10.9 Å². The van der Waals surface area contributed by atoms with Crippen LogP contribution in [-0.2, 0) is 9.53 Å². The minimum atomic E-state index is -0.736. The molecule has 7 rings (SSSR count). The molecule has 1 atom stereocenters. The van der Waals surface area contributed by atoms with Gasteiger partial charge in [-0.2, -0.15) is 0 Å². The summed E-state index contributed by atoms with van der Waals surface area (Å²) in [6.45, 7) is 4.84. The molecule has 3 aromatic rings. The molecule has 3 saturated heterocycles.